The predicted octanol–water partition coefficient (Wildman–Crippen LogP) is 6.35. The van der Waals surface area contributed by atoms with E-state index in [-0.39, 0.29) is 11.2 Å². The van der Waals surface area contributed by atoms with Gasteiger partial charge in [-0.3, -0.25) is 0 Å². The van der Waals surface area contributed by atoms with Crippen LogP contribution in [0.25, 0.3) is 33.9 Å². The van der Waals surface area contributed by atoms with E-state index >= 15 is 0 Å². The molecule has 0 atom stereocenters. The van der Waals surface area contributed by atoms with Crippen LogP contribution in [-0.4, -0.2) is 72.4 Å². The zero-order chi connectivity index (χ0) is 30.2. The molecular formula is C31H36F3N7O2. The Hall–Kier alpha value is -3.93. The Morgan fingerprint density at radius 2 is 1.77 bits per heavy atom. The monoisotopic (exact) mass is 595 g/mol. The van der Waals surface area contributed by atoms with Crippen LogP contribution >= 0.6 is 0 Å². The fourth-order valence-corrected chi connectivity index (χ4v) is 6.28. The topological polar surface area (TPSA) is 92.3 Å². The summed E-state index contributed by atoms with van der Waals surface area (Å²) >= 11 is 0. The lowest BCUT2D eigenvalue weighted by atomic mass is 9.69. The van der Waals surface area contributed by atoms with Crippen molar-refractivity contribution < 1.29 is 22.6 Å². The molecule has 0 radical (unpaired) electrons. The Morgan fingerprint density at radius 1 is 0.977 bits per heavy atom. The quantitative estimate of drug-likeness (QED) is 0.239. The van der Waals surface area contributed by atoms with Crippen LogP contribution in [0, 0.1) is 5.41 Å². The lowest BCUT2D eigenvalue weighted by Gasteiger charge is -2.44. The zero-order valence-electron chi connectivity index (χ0n) is 24.7. The Bertz CT molecular complexity index is 1580. The number of benzene rings is 1. The lowest BCUT2D eigenvalue weighted by molar-refractivity contribution is -0.138. The van der Waals surface area contributed by atoms with Gasteiger partial charge in [0.2, 0.25) is 0 Å². The molecular weight excluding hydrogens is 559 g/mol. The van der Waals surface area contributed by atoms with Crippen LogP contribution in [0.5, 0.6) is 5.75 Å². The SMILES string of the molecule is COCC1(CN(C)c2cc(-c3ccc(OC)c(C(F)(F)F)c3)nc3nc(-c4cnc(N5CCCCC5)cn4)[nH]c23)CCC1. The van der Waals surface area contributed by atoms with Crippen molar-refractivity contribution in [3.8, 4) is 28.5 Å². The number of nitrogens with zero attached hydrogens (tertiary/aromatic N) is 6. The molecule has 9 nitrogen and oxygen atoms in total. The van der Waals surface area contributed by atoms with Crippen LogP contribution in [0.15, 0.2) is 36.7 Å². The van der Waals surface area contributed by atoms with Gasteiger partial charge in [-0.25, -0.2) is 19.9 Å². The number of anilines is 2. The molecule has 2 aliphatic rings. The maximum Gasteiger partial charge on any atom is 0.419 e. The van der Waals surface area contributed by atoms with Gasteiger partial charge in [-0.05, 0) is 56.4 Å². The number of hydrogen-bond donors (Lipinski definition) is 1. The van der Waals surface area contributed by atoms with Gasteiger partial charge < -0.3 is 24.3 Å². The first-order valence-corrected chi connectivity index (χ1v) is 14.6. The Morgan fingerprint density at radius 3 is 2.40 bits per heavy atom. The van der Waals surface area contributed by atoms with E-state index in [0.29, 0.717) is 47.1 Å². The highest BCUT2D eigenvalue weighted by molar-refractivity contribution is 5.91. The van der Waals surface area contributed by atoms with Gasteiger partial charge in [-0.2, -0.15) is 13.2 Å². The predicted molar refractivity (Wildman–Crippen MR) is 159 cm³/mol. The number of aromatic amines is 1. The number of alkyl halides is 3. The van der Waals surface area contributed by atoms with Gasteiger partial charge >= 0.3 is 6.18 Å². The Kier molecular flexibility index (Phi) is 7.89. The van der Waals surface area contributed by atoms with Crippen LogP contribution in [0.3, 0.4) is 0 Å². The van der Waals surface area contributed by atoms with Crippen molar-refractivity contribution in [2.75, 3.05) is 57.3 Å². The summed E-state index contributed by atoms with van der Waals surface area (Å²) in [5.74, 6) is 1.09. The lowest BCUT2D eigenvalue weighted by Crippen LogP contribution is -2.44. The largest absolute Gasteiger partial charge is 0.496 e. The summed E-state index contributed by atoms with van der Waals surface area (Å²) in [7, 11) is 4.92. The van der Waals surface area contributed by atoms with Gasteiger partial charge in [-0.15, -0.1) is 0 Å². The van der Waals surface area contributed by atoms with E-state index in [0.717, 1.165) is 62.8 Å². The molecule has 1 aliphatic heterocycles. The second kappa shape index (κ2) is 11.6. The minimum absolute atomic E-state index is 0.0153. The van der Waals surface area contributed by atoms with Crippen molar-refractivity contribution in [1.29, 1.82) is 0 Å². The number of fused-ring (bicyclic) bond motifs is 1. The summed E-state index contributed by atoms with van der Waals surface area (Å²) in [5, 5.41) is 0. The number of nitrogens with one attached hydrogen (secondary N) is 1. The minimum atomic E-state index is -4.58. The first-order chi connectivity index (χ1) is 20.7. The highest BCUT2D eigenvalue weighted by atomic mass is 19.4. The molecule has 1 saturated carbocycles. The maximum absolute atomic E-state index is 13.9. The molecule has 12 heteroatoms. The van der Waals surface area contributed by atoms with E-state index in [2.05, 4.69) is 24.8 Å². The summed E-state index contributed by atoms with van der Waals surface area (Å²) in [6, 6.07) is 5.80. The number of imidazole rings is 1. The number of halogens is 3. The number of aromatic nitrogens is 5. The number of piperidine rings is 1. The van der Waals surface area contributed by atoms with Gasteiger partial charge in [0.05, 0.1) is 43.1 Å². The number of rotatable bonds is 9. The maximum atomic E-state index is 13.9. The average molecular weight is 596 g/mol. The average Bonchev–Trinajstić information content (AvgIpc) is 3.43. The van der Waals surface area contributed by atoms with Crippen LogP contribution in [0.2, 0.25) is 0 Å². The third kappa shape index (κ3) is 5.84. The highest BCUT2D eigenvalue weighted by Gasteiger charge is 2.39. The molecule has 3 aromatic heterocycles. The fourth-order valence-electron chi connectivity index (χ4n) is 6.28. The van der Waals surface area contributed by atoms with E-state index < -0.39 is 11.7 Å². The van der Waals surface area contributed by atoms with Crippen LogP contribution in [-0.2, 0) is 10.9 Å². The minimum Gasteiger partial charge on any atom is -0.496 e. The second-order valence-corrected chi connectivity index (χ2v) is 11.7. The molecule has 0 unspecified atom stereocenters. The van der Waals surface area contributed by atoms with E-state index in [9.17, 15) is 13.2 Å². The second-order valence-electron chi connectivity index (χ2n) is 11.7. The third-order valence-electron chi connectivity index (χ3n) is 8.65. The van der Waals surface area contributed by atoms with E-state index in [4.69, 9.17) is 19.4 Å². The molecule has 1 saturated heterocycles. The molecule has 43 heavy (non-hydrogen) atoms. The summed E-state index contributed by atoms with van der Waals surface area (Å²) in [5.41, 5.74) is 2.26. The van der Waals surface area contributed by atoms with Gasteiger partial charge in [0.1, 0.15) is 22.8 Å². The molecule has 1 aromatic carbocycles. The normalized spacial score (nSPS) is 16.7. The summed E-state index contributed by atoms with van der Waals surface area (Å²) in [6.45, 7) is 3.29. The van der Waals surface area contributed by atoms with E-state index in [1.807, 2.05) is 13.1 Å². The number of ether oxygens (including phenoxy) is 2. The number of H-pyrrole nitrogens is 1. The number of hydrogen-bond acceptors (Lipinski definition) is 8. The van der Waals surface area contributed by atoms with E-state index in [1.54, 1.807) is 25.6 Å². The molecule has 1 aliphatic carbocycles. The van der Waals surface area contributed by atoms with Crippen molar-refractivity contribution in [1.82, 2.24) is 24.9 Å². The highest BCUT2D eigenvalue weighted by Crippen LogP contribution is 2.44. The van der Waals surface area contributed by atoms with E-state index in [1.165, 1.54) is 19.6 Å². The van der Waals surface area contributed by atoms with Gasteiger partial charge in [0, 0.05) is 44.8 Å². The Balaban J connectivity index is 1.42. The van der Waals surface area contributed by atoms with Gasteiger partial charge in [0.15, 0.2) is 11.5 Å². The van der Waals surface area contributed by atoms with Crippen LogP contribution < -0.4 is 14.5 Å². The summed E-state index contributed by atoms with van der Waals surface area (Å²) < 4.78 is 52.2. The number of methoxy groups -OCH3 is 2. The standard InChI is InChI=1S/C31H36F3N7O2/c1-40(18-30(19-42-2)10-7-11-30)24-15-22(20-8-9-25(43-3)21(14-20)31(32,33)34)37-29-27(24)38-28(39-29)23-16-36-26(17-35-23)41-12-5-4-6-13-41/h8-9,14-17H,4-7,10-13,18-19H2,1-3H3,(H,37,38,39). The van der Waals surface area contributed by atoms with Crippen molar-refractivity contribution in [3.05, 3.63) is 42.2 Å². The number of pyridine rings is 1. The molecule has 4 heterocycles. The van der Waals surface area contributed by atoms with Crippen LogP contribution in [0.4, 0.5) is 24.7 Å². The summed E-state index contributed by atoms with van der Waals surface area (Å²) in [6.07, 6.45) is 5.63. The molecule has 6 rings (SSSR count). The molecule has 0 amide bonds. The Labute approximate surface area is 248 Å². The molecule has 0 spiro atoms. The molecule has 4 aromatic rings. The molecule has 1 N–H and O–H groups in total. The smallest absolute Gasteiger partial charge is 0.419 e. The van der Waals surface area contributed by atoms with Crippen molar-refractivity contribution >= 4 is 22.7 Å². The van der Waals surface area contributed by atoms with Crippen LogP contribution in [0.1, 0.15) is 44.1 Å². The molecule has 228 valence electrons. The fraction of sp³-hybridized carbons (Fsp3) is 0.484. The first-order valence-electron chi connectivity index (χ1n) is 14.6. The van der Waals surface area contributed by atoms with Gasteiger partial charge in [0.25, 0.3) is 0 Å². The first kappa shape index (κ1) is 29.2. The molecule has 2 fully saturated rings. The third-order valence-corrected chi connectivity index (χ3v) is 8.65. The zero-order valence-corrected chi connectivity index (χ0v) is 24.7. The molecule has 0 bridgehead atoms. The van der Waals surface area contributed by atoms with Crippen molar-refractivity contribution in [2.45, 2.75) is 44.7 Å². The van der Waals surface area contributed by atoms with Gasteiger partial charge in [-0.1, -0.05) is 6.42 Å². The van der Waals surface area contributed by atoms with Crippen molar-refractivity contribution in [3.63, 3.8) is 0 Å². The van der Waals surface area contributed by atoms with Crippen molar-refractivity contribution in [2.24, 2.45) is 5.41 Å². The summed E-state index contributed by atoms with van der Waals surface area (Å²) in [4.78, 5) is 26.5.